The number of amides is 1. The molecule has 0 radical (unpaired) electrons. The summed E-state index contributed by atoms with van der Waals surface area (Å²) < 4.78 is 5.66. The molecule has 0 aromatic heterocycles. The van der Waals surface area contributed by atoms with E-state index in [-0.39, 0.29) is 12.0 Å². The van der Waals surface area contributed by atoms with Crippen LogP contribution in [0.1, 0.15) is 94.1 Å². The van der Waals surface area contributed by atoms with Gasteiger partial charge in [0, 0.05) is 25.0 Å². The molecule has 2 aromatic rings. The van der Waals surface area contributed by atoms with E-state index in [4.69, 9.17) is 4.74 Å². The SMILES string of the molecule is O=C(NCCNC1CCCCCCCCCCCC1)OCC1c2ccccc2-c2ccccc21. The monoisotopic (exact) mass is 462 g/mol. The lowest BCUT2D eigenvalue weighted by atomic mass is 9.98. The van der Waals surface area contributed by atoms with Crippen molar-refractivity contribution in [2.45, 2.75) is 89.0 Å². The first-order valence-corrected chi connectivity index (χ1v) is 13.6. The van der Waals surface area contributed by atoms with E-state index in [0.29, 0.717) is 19.2 Å². The summed E-state index contributed by atoms with van der Waals surface area (Å²) in [6.45, 7) is 1.78. The molecule has 34 heavy (non-hydrogen) atoms. The highest BCUT2D eigenvalue weighted by molar-refractivity contribution is 5.79. The smallest absolute Gasteiger partial charge is 0.407 e. The van der Waals surface area contributed by atoms with Crippen LogP contribution in [0.4, 0.5) is 4.79 Å². The summed E-state index contributed by atoms with van der Waals surface area (Å²) in [5.74, 6) is 0.108. The molecule has 184 valence electrons. The van der Waals surface area contributed by atoms with E-state index >= 15 is 0 Å². The number of alkyl carbamates (subject to hydrolysis) is 1. The first kappa shape index (κ1) is 24.8. The number of benzene rings is 2. The van der Waals surface area contributed by atoms with Gasteiger partial charge < -0.3 is 15.4 Å². The molecule has 0 unspecified atom stereocenters. The van der Waals surface area contributed by atoms with Crippen molar-refractivity contribution in [2.75, 3.05) is 19.7 Å². The van der Waals surface area contributed by atoms with Gasteiger partial charge in [-0.2, -0.15) is 0 Å². The van der Waals surface area contributed by atoms with Gasteiger partial charge in [-0.05, 0) is 35.1 Å². The average molecular weight is 463 g/mol. The molecule has 0 bridgehead atoms. The topological polar surface area (TPSA) is 50.4 Å². The third-order valence-electron chi connectivity index (χ3n) is 7.53. The zero-order valence-electron chi connectivity index (χ0n) is 20.7. The molecule has 1 fully saturated rings. The number of hydrogen-bond donors (Lipinski definition) is 2. The van der Waals surface area contributed by atoms with Crippen molar-refractivity contribution in [2.24, 2.45) is 0 Å². The van der Waals surface area contributed by atoms with Crippen molar-refractivity contribution in [1.29, 1.82) is 0 Å². The predicted octanol–water partition coefficient (Wildman–Crippen LogP) is 7.18. The van der Waals surface area contributed by atoms with Crippen molar-refractivity contribution in [1.82, 2.24) is 10.6 Å². The number of nitrogens with one attached hydrogen (secondary N) is 2. The number of carbonyl (C=O) groups excluding carboxylic acids is 1. The third-order valence-corrected chi connectivity index (χ3v) is 7.53. The molecule has 0 aliphatic heterocycles. The lowest BCUT2D eigenvalue weighted by Crippen LogP contribution is -2.37. The predicted molar refractivity (Wildman–Crippen MR) is 140 cm³/mol. The lowest BCUT2D eigenvalue weighted by Gasteiger charge is -2.19. The van der Waals surface area contributed by atoms with Gasteiger partial charge in [-0.1, -0.05) is 113 Å². The molecule has 2 aliphatic rings. The molecule has 0 saturated heterocycles. The number of carbonyl (C=O) groups is 1. The summed E-state index contributed by atoms with van der Waals surface area (Å²) in [7, 11) is 0. The summed E-state index contributed by atoms with van der Waals surface area (Å²) >= 11 is 0. The highest BCUT2D eigenvalue weighted by Crippen LogP contribution is 2.44. The van der Waals surface area contributed by atoms with Gasteiger partial charge in [0.05, 0.1) is 0 Å². The maximum Gasteiger partial charge on any atom is 0.407 e. The van der Waals surface area contributed by atoms with E-state index in [1.807, 2.05) is 0 Å². The van der Waals surface area contributed by atoms with Crippen LogP contribution in [0.25, 0.3) is 11.1 Å². The molecule has 0 heterocycles. The Hall–Kier alpha value is -2.33. The second-order valence-electron chi connectivity index (χ2n) is 10.0. The molecule has 4 nitrogen and oxygen atoms in total. The third kappa shape index (κ3) is 7.09. The van der Waals surface area contributed by atoms with E-state index < -0.39 is 0 Å². The Labute approximate surface area is 205 Å². The zero-order valence-corrected chi connectivity index (χ0v) is 20.7. The standard InChI is InChI=1S/C30H42N2O2/c33-30(32-22-21-31-24-15-9-7-5-3-1-2-4-6-8-10-16-24)34-23-29-27-19-13-11-17-25(27)26-18-12-14-20-28(26)29/h11-14,17-20,24,29,31H,1-10,15-16,21-23H2,(H,32,33). The fraction of sp³-hybridized carbons (Fsp3) is 0.567. The zero-order chi connectivity index (χ0) is 23.4. The number of ether oxygens (including phenoxy) is 1. The van der Waals surface area contributed by atoms with Gasteiger partial charge in [0.15, 0.2) is 0 Å². The largest absolute Gasteiger partial charge is 0.449 e. The van der Waals surface area contributed by atoms with Crippen LogP contribution in [0.15, 0.2) is 48.5 Å². The van der Waals surface area contributed by atoms with Gasteiger partial charge in [0.1, 0.15) is 6.61 Å². The van der Waals surface area contributed by atoms with Crippen molar-refractivity contribution < 1.29 is 9.53 Å². The summed E-state index contributed by atoms with van der Waals surface area (Å²) in [4.78, 5) is 12.4. The molecule has 2 aliphatic carbocycles. The van der Waals surface area contributed by atoms with Crippen molar-refractivity contribution in [3.8, 4) is 11.1 Å². The Morgan fingerprint density at radius 2 is 1.21 bits per heavy atom. The maximum atomic E-state index is 12.4. The van der Waals surface area contributed by atoms with Crippen LogP contribution >= 0.6 is 0 Å². The van der Waals surface area contributed by atoms with E-state index in [0.717, 1.165) is 6.54 Å². The van der Waals surface area contributed by atoms with Gasteiger partial charge >= 0.3 is 6.09 Å². The number of rotatable bonds is 6. The molecular weight excluding hydrogens is 420 g/mol. The molecule has 0 atom stereocenters. The molecule has 1 amide bonds. The average Bonchev–Trinajstić information content (AvgIpc) is 3.19. The minimum Gasteiger partial charge on any atom is -0.449 e. The quantitative estimate of drug-likeness (QED) is 0.447. The molecule has 4 rings (SSSR count). The Bertz CT molecular complexity index is 837. The van der Waals surface area contributed by atoms with Crippen molar-refractivity contribution in [3.63, 3.8) is 0 Å². The minimum absolute atomic E-state index is 0.108. The van der Waals surface area contributed by atoms with E-state index in [2.05, 4.69) is 59.2 Å². The molecule has 4 heteroatoms. The molecular formula is C30H42N2O2. The van der Waals surface area contributed by atoms with Gasteiger partial charge in [-0.15, -0.1) is 0 Å². The van der Waals surface area contributed by atoms with Crippen molar-refractivity contribution in [3.05, 3.63) is 59.7 Å². The van der Waals surface area contributed by atoms with Crippen LogP contribution in [0, 0.1) is 0 Å². The van der Waals surface area contributed by atoms with Crippen LogP contribution < -0.4 is 10.6 Å². The van der Waals surface area contributed by atoms with Gasteiger partial charge in [-0.25, -0.2) is 4.79 Å². The number of fused-ring (bicyclic) bond motifs is 3. The fourth-order valence-corrected chi connectivity index (χ4v) is 5.63. The summed E-state index contributed by atoms with van der Waals surface area (Å²) in [5, 5.41) is 6.64. The Balaban J connectivity index is 1.18. The maximum absolute atomic E-state index is 12.4. The Kier molecular flexibility index (Phi) is 9.86. The first-order chi connectivity index (χ1) is 16.8. The second kappa shape index (κ2) is 13.5. The first-order valence-electron chi connectivity index (χ1n) is 13.6. The highest BCUT2D eigenvalue weighted by Gasteiger charge is 2.28. The minimum atomic E-state index is -0.321. The summed E-state index contributed by atoms with van der Waals surface area (Å²) in [6, 6.07) is 17.5. The lowest BCUT2D eigenvalue weighted by molar-refractivity contribution is 0.143. The normalized spacial score (nSPS) is 18.1. The van der Waals surface area contributed by atoms with Crippen LogP contribution in [-0.2, 0) is 4.74 Å². The molecule has 2 N–H and O–H groups in total. The van der Waals surface area contributed by atoms with Crippen molar-refractivity contribution >= 4 is 6.09 Å². The molecule has 1 saturated carbocycles. The molecule has 0 spiro atoms. The van der Waals surface area contributed by atoms with Crippen LogP contribution in [0.5, 0.6) is 0 Å². The van der Waals surface area contributed by atoms with Gasteiger partial charge in [0.2, 0.25) is 0 Å². The van der Waals surface area contributed by atoms with Crippen LogP contribution in [0.2, 0.25) is 0 Å². The van der Waals surface area contributed by atoms with E-state index in [9.17, 15) is 4.79 Å². The van der Waals surface area contributed by atoms with E-state index in [1.54, 1.807) is 0 Å². The fourth-order valence-electron chi connectivity index (χ4n) is 5.63. The van der Waals surface area contributed by atoms with Gasteiger partial charge in [0.25, 0.3) is 0 Å². The second-order valence-corrected chi connectivity index (χ2v) is 10.0. The van der Waals surface area contributed by atoms with Gasteiger partial charge in [-0.3, -0.25) is 0 Å². The number of hydrogen-bond acceptors (Lipinski definition) is 3. The van der Waals surface area contributed by atoms with Crippen LogP contribution in [0.3, 0.4) is 0 Å². The highest BCUT2D eigenvalue weighted by atomic mass is 16.5. The summed E-state index contributed by atoms with van der Waals surface area (Å²) in [6.07, 6.45) is 16.0. The van der Waals surface area contributed by atoms with Crippen LogP contribution in [-0.4, -0.2) is 31.8 Å². The van der Waals surface area contributed by atoms with E-state index in [1.165, 1.54) is 99.3 Å². The summed E-state index contributed by atoms with van der Waals surface area (Å²) in [5.41, 5.74) is 5.00. The Morgan fingerprint density at radius 1 is 0.706 bits per heavy atom. The Morgan fingerprint density at radius 3 is 1.76 bits per heavy atom. The molecule has 2 aromatic carbocycles.